The van der Waals surface area contributed by atoms with Crippen LogP contribution >= 0.6 is 0 Å². The number of nitrogens with one attached hydrogen (secondary N) is 4. The highest BCUT2D eigenvalue weighted by Gasteiger charge is 2.34. The van der Waals surface area contributed by atoms with Gasteiger partial charge in [-0.2, -0.15) is 20.4 Å². The lowest BCUT2D eigenvalue weighted by atomic mass is 9.95. The van der Waals surface area contributed by atoms with Gasteiger partial charge in [0.05, 0.1) is 26.4 Å². The Kier molecular flexibility index (Phi) is 26.3. The molecular weight excluding hydrogens is 1560 g/mol. The molecule has 20 rings (SSSR count). The molecule has 0 radical (unpaired) electrons. The number of anilines is 4. The molecule has 624 valence electrons. The quantitative estimate of drug-likeness (QED) is 0.0655. The molecule has 0 bridgehead atoms. The average Bonchev–Trinajstić information content (AvgIpc) is 1.66. The number of hydrogen-bond acceptors (Lipinski definition) is 24. The van der Waals surface area contributed by atoms with Crippen molar-refractivity contribution in [2.75, 3.05) is 47.7 Å². The molecule has 0 unspecified atom stereocenters. The first-order chi connectivity index (χ1) is 54.5. The van der Waals surface area contributed by atoms with Crippen LogP contribution in [0.1, 0.15) is 217 Å². The second-order valence-electron chi connectivity index (χ2n) is 31.1. The number of amides is 8. The number of aromatic nitrogens is 8. The highest BCUT2D eigenvalue weighted by Crippen LogP contribution is 2.49. The third kappa shape index (κ3) is 16.7. The summed E-state index contributed by atoms with van der Waals surface area (Å²) in [6.07, 6.45) is 30.5. The summed E-state index contributed by atoms with van der Waals surface area (Å²) in [4.78, 5) is 52.0. The van der Waals surface area contributed by atoms with Crippen LogP contribution in [0.3, 0.4) is 0 Å². The van der Waals surface area contributed by atoms with E-state index in [-0.39, 0.29) is 24.6 Å². The first kappa shape index (κ1) is 84.4. The van der Waals surface area contributed by atoms with E-state index in [9.17, 15) is 36.0 Å². The van der Waals surface area contributed by atoms with Crippen LogP contribution in [0.2, 0.25) is 0 Å². The molecule has 0 fully saturated rings. The smallest absolute Gasteiger partial charge is 0.322 e. The number of nitrogens with zero attached hydrogens (tertiary/aromatic N) is 12. The maximum atomic E-state index is 12.7. The molecule has 4 atom stereocenters. The fourth-order valence-electron chi connectivity index (χ4n) is 18.7. The Morgan fingerprint density at radius 2 is 0.543 bits per heavy atom. The minimum absolute atomic E-state index is 0. The van der Waals surface area contributed by atoms with E-state index in [1.807, 2.05) is 0 Å². The lowest BCUT2D eigenvalue weighted by Gasteiger charge is -2.19. The van der Waals surface area contributed by atoms with E-state index in [1.165, 1.54) is 114 Å². The van der Waals surface area contributed by atoms with Crippen LogP contribution in [0, 0.1) is 0 Å². The van der Waals surface area contributed by atoms with Crippen molar-refractivity contribution in [1.82, 2.24) is 63.7 Å². The van der Waals surface area contributed by atoms with Crippen molar-refractivity contribution in [3.63, 3.8) is 0 Å². The maximum absolute atomic E-state index is 12.7. The molecule has 8 aromatic rings. The minimum atomic E-state index is -1.85. The van der Waals surface area contributed by atoms with Crippen LogP contribution in [0.5, 0.6) is 23.5 Å². The topological polar surface area (TPSA) is 482 Å². The van der Waals surface area contributed by atoms with Crippen molar-refractivity contribution < 1.29 is 55.0 Å². The fourth-order valence-corrected chi connectivity index (χ4v) is 21.7. The Hall–Kier alpha value is -9.56. The predicted octanol–water partition coefficient (Wildman–Crippen LogP) is 16.4. The Bertz CT molecular complexity index is 4890. The van der Waals surface area contributed by atoms with Gasteiger partial charge >= 0.3 is 24.1 Å². The van der Waals surface area contributed by atoms with Gasteiger partial charge in [0.15, 0.2) is 23.5 Å². The largest absolute Gasteiger partial charge is 0.479 e. The van der Waals surface area contributed by atoms with Crippen molar-refractivity contribution in [2.24, 2.45) is 17.5 Å². The molecule has 116 heavy (non-hydrogen) atoms. The van der Waals surface area contributed by atoms with E-state index in [1.54, 1.807) is 18.7 Å². The highest BCUT2D eigenvalue weighted by molar-refractivity contribution is 7.76. The molecule has 4 aromatic heterocycles. The Morgan fingerprint density at radius 3 is 0.759 bits per heavy atom. The third-order valence-corrected chi connectivity index (χ3v) is 27.8. The molecule has 36 heteroatoms. The van der Waals surface area contributed by atoms with Gasteiger partial charge in [-0.15, -0.1) is 42.4 Å². The van der Waals surface area contributed by atoms with E-state index in [0.29, 0.717) is 93.2 Å². The van der Waals surface area contributed by atoms with Gasteiger partial charge in [0.2, 0.25) is 0 Å². The van der Waals surface area contributed by atoms with Gasteiger partial charge in [-0.3, -0.25) is 0 Å². The van der Waals surface area contributed by atoms with Crippen LogP contribution < -0.4 is 64.8 Å². The Labute approximate surface area is 681 Å². The number of urea groups is 4. The van der Waals surface area contributed by atoms with Gasteiger partial charge in [0.25, 0.3) is 0 Å². The molecule has 4 aliphatic heterocycles. The summed E-state index contributed by atoms with van der Waals surface area (Å²) in [5, 5.41) is 28.6. The molecule has 8 amide bonds. The van der Waals surface area contributed by atoms with Crippen molar-refractivity contribution in [2.45, 2.75) is 251 Å². The Balaban J connectivity index is 0.000000133. The van der Waals surface area contributed by atoms with E-state index in [2.05, 4.69) is 111 Å². The standard InChI is InChI=1S/4C20H23N4O3S.4H3N/c4*1-12-6-7-14-10-13-4-2-5-15(13)18(17(12)14)22-20(25)23-28(26)16-11-21-24-8-3-9-27-19(16)24;;;;/h4*10-12H,2-9H2,1H3,(H,22,25);4*1H3/q4*-1;;;;/t4*12-;;;;/m1100..../s1. The monoisotopic (exact) mass is 1660 g/mol. The highest BCUT2D eigenvalue weighted by atomic mass is 32.2. The number of ether oxygens (including phenoxy) is 4. The summed E-state index contributed by atoms with van der Waals surface area (Å²) in [6.45, 7) is 13.9. The molecule has 0 saturated carbocycles. The maximum Gasteiger partial charge on any atom is 0.322 e. The van der Waals surface area contributed by atoms with E-state index in [4.69, 9.17) is 18.9 Å². The summed E-state index contributed by atoms with van der Waals surface area (Å²) >= 11 is 0. The number of fused-ring (bicyclic) bond motifs is 12. The van der Waals surface area contributed by atoms with Crippen molar-refractivity contribution in [3.05, 3.63) is 138 Å². The van der Waals surface area contributed by atoms with Crippen LogP contribution in [0.15, 0.2) is 86.1 Å². The van der Waals surface area contributed by atoms with Gasteiger partial charge in [-0.05, 0) is 261 Å². The molecule has 12 aliphatic rings. The lowest BCUT2D eigenvalue weighted by Crippen LogP contribution is -2.15. The molecule has 8 heterocycles. The first-order valence-electron chi connectivity index (χ1n) is 39.7. The van der Waals surface area contributed by atoms with Crippen LogP contribution in [0.25, 0.3) is 0 Å². The predicted molar refractivity (Wildman–Crippen MR) is 441 cm³/mol. The zero-order valence-corrected chi connectivity index (χ0v) is 69.5. The zero-order valence-electron chi connectivity index (χ0n) is 66.3. The summed E-state index contributed by atoms with van der Waals surface area (Å²) in [5.74, 6) is 3.48. The molecule has 4 aromatic carbocycles. The third-order valence-electron chi connectivity index (χ3n) is 23.9. The van der Waals surface area contributed by atoms with Gasteiger partial charge in [0, 0.05) is 99.4 Å². The average molecular weight is 1670 g/mol. The summed E-state index contributed by atoms with van der Waals surface area (Å²) in [6, 6.07) is 6.99. The first-order valence-corrected chi connectivity index (χ1v) is 44.1. The molecule has 0 spiro atoms. The molecular formula is C80H104N20O12S4-4. The Morgan fingerprint density at radius 1 is 0.328 bits per heavy atom. The number of aryl methyl sites for hydroxylation is 12. The molecule has 16 N–H and O–H groups in total. The SMILES string of the molecule is C[C@@H]1CCc2cc3c(c(NC(=O)N=[S-](=O)c4cnn5c4OCCC5)c21)CCC3.C[C@@H]1CCc2cc3c(c(NC(=O)N=[S-](=O)c4cnn5c4OCCC5)c21)CCC3.C[C@H]1CCc2cc3c(c(NC(=O)N=[S-](=O)c4cnn5c4OCCC5)c21)CCC3.C[C@H]1CCc2cc3c(c(NC(=O)N=[S-](=O)c4cnn5c4OCCC5)c21)CCC3.N.N.N.N. The lowest BCUT2D eigenvalue weighted by molar-refractivity contribution is 0.224. The van der Waals surface area contributed by atoms with Crippen LogP contribution in [-0.2, 0) is 162 Å². The second-order valence-corrected chi connectivity index (χ2v) is 35.5. The fraction of sp³-hybridized carbons (Fsp3) is 0.500. The summed E-state index contributed by atoms with van der Waals surface area (Å²) in [7, 11) is -7.38. The second kappa shape index (κ2) is 36.1. The summed E-state index contributed by atoms with van der Waals surface area (Å²) < 4.78 is 95.1. The van der Waals surface area contributed by atoms with E-state index in [0.717, 1.165) is 203 Å². The molecule has 0 saturated heterocycles. The number of rotatable bonds is 8. The van der Waals surface area contributed by atoms with Crippen LogP contribution in [0.4, 0.5) is 41.9 Å². The number of carbonyl (C=O) groups excluding carboxylic acids is 4. The van der Waals surface area contributed by atoms with Crippen molar-refractivity contribution >= 4 is 89.3 Å². The van der Waals surface area contributed by atoms with Crippen molar-refractivity contribution in [1.29, 1.82) is 0 Å². The van der Waals surface area contributed by atoms with Gasteiger partial charge < -0.3 is 99.1 Å². The van der Waals surface area contributed by atoms with Gasteiger partial charge in [-0.1, -0.05) is 52.0 Å². The molecule has 8 aliphatic carbocycles. The summed E-state index contributed by atoms with van der Waals surface area (Å²) in [5.41, 5.74) is 24.2. The van der Waals surface area contributed by atoms with E-state index < -0.39 is 66.5 Å². The van der Waals surface area contributed by atoms with Crippen LogP contribution in [-0.4, -0.2) is 89.7 Å². The number of carbonyl (C=O) groups is 4. The number of benzene rings is 4. The van der Waals surface area contributed by atoms with Gasteiger partial charge in [-0.25, -0.2) is 37.9 Å². The normalized spacial score (nSPS) is 20.2. The van der Waals surface area contributed by atoms with Gasteiger partial charge in [0.1, 0.15) is 0 Å². The minimum Gasteiger partial charge on any atom is -0.479 e. The molecule has 32 nitrogen and oxygen atoms in total. The zero-order chi connectivity index (χ0) is 77.0. The van der Waals surface area contributed by atoms with E-state index >= 15 is 0 Å². The number of hydrogen-bond donors (Lipinski definition) is 8. The van der Waals surface area contributed by atoms with Crippen molar-refractivity contribution in [3.8, 4) is 23.5 Å².